The first-order valence-electron chi connectivity index (χ1n) is 8.81. The number of benzene rings is 1. The summed E-state index contributed by atoms with van der Waals surface area (Å²) in [6.07, 6.45) is 0.782. The second kappa shape index (κ2) is 8.17. The molecule has 1 heterocycles. The Morgan fingerprint density at radius 3 is 2.52 bits per heavy atom. The quantitative estimate of drug-likeness (QED) is 0.850. The van der Waals surface area contributed by atoms with E-state index in [1.807, 2.05) is 0 Å². The van der Waals surface area contributed by atoms with Crippen LogP contribution in [0.4, 0.5) is 10.5 Å². The molecule has 3 amide bonds. The molecule has 1 unspecified atom stereocenters. The van der Waals surface area contributed by atoms with E-state index in [-0.39, 0.29) is 11.8 Å². The zero-order chi connectivity index (χ0) is 20.4. The van der Waals surface area contributed by atoms with E-state index in [1.54, 1.807) is 47.0 Å². The average molecular weight is 396 g/mol. The molecular weight excluding hydrogens is 370 g/mol. The van der Waals surface area contributed by atoms with E-state index in [9.17, 15) is 14.4 Å². The Morgan fingerprint density at radius 1 is 1.26 bits per heavy atom. The smallest absolute Gasteiger partial charge is 0.410 e. The molecule has 0 saturated carbocycles. The van der Waals surface area contributed by atoms with E-state index in [0.717, 1.165) is 6.42 Å². The molecule has 1 aromatic rings. The number of amides is 3. The van der Waals surface area contributed by atoms with Crippen LogP contribution in [-0.2, 0) is 9.53 Å². The van der Waals surface area contributed by atoms with Crippen molar-refractivity contribution in [3.05, 3.63) is 28.8 Å². The van der Waals surface area contributed by atoms with Gasteiger partial charge in [0.1, 0.15) is 11.6 Å². The van der Waals surface area contributed by atoms with E-state index >= 15 is 0 Å². The summed E-state index contributed by atoms with van der Waals surface area (Å²) in [7, 11) is 3.25. The molecule has 0 spiro atoms. The van der Waals surface area contributed by atoms with Gasteiger partial charge in [0.15, 0.2) is 0 Å². The number of hydrogen-bond donors (Lipinski definition) is 1. The second-order valence-electron chi connectivity index (χ2n) is 7.72. The fourth-order valence-electron chi connectivity index (χ4n) is 2.81. The first-order valence-corrected chi connectivity index (χ1v) is 9.19. The Hall–Kier alpha value is -2.28. The summed E-state index contributed by atoms with van der Waals surface area (Å²) in [5.41, 5.74) is 0.124. The van der Waals surface area contributed by atoms with Crippen LogP contribution < -0.4 is 5.32 Å². The number of carbonyl (C=O) groups excluding carboxylic acids is 3. The lowest BCUT2D eigenvalue weighted by atomic mass is 10.1. The van der Waals surface area contributed by atoms with Gasteiger partial charge in [0, 0.05) is 26.3 Å². The van der Waals surface area contributed by atoms with Gasteiger partial charge in [0.25, 0.3) is 5.91 Å². The Bertz CT molecular complexity index is 743. The van der Waals surface area contributed by atoms with E-state index in [4.69, 9.17) is 16.3 Å². The average Bonchev–Trinajstić information content (AvgIpc) is 3.04. The van der Waals surface area contributed by atoms with Gasteiger partial charge in [-0.15, -0.1) is 0 Å². The van der Waals surface area contributed by atoms with Gasteiger partial charge in [-0.05, 0) is 51.8 Å². The SMILES string of the molecule is CN(C)C(=O)c1cc(NC(=O)C2CCCN2C(=O)OC(C)(C)C)ccc1Cl. The molecule has 0 radical (unpaired) electrons. The van der Waals surface area contributed by atoms with Crippen LogP contribution in [0.15, 0.2) is 18.2 Å². The van der Waals surface area contributed by atoms with Gasteiger partial charge >= 0.3 is 6.09 Å². The molecule has 27 heavy (non-hydrogen) atoms. The molecule has 148 valence electrons. The van der Waals surface area contributed by atoms with Gasteiger partial charge in [-0.3, -0.25) is 14.5 Å². The molecule has 8 heteroatoms. The number of rotatable bonds is 3. The Labute approximate surface area is 164 Å². The lowest BCUT2D eigenvalue weighted by Gasteiger charge is -2.28. The molecule has 0 aliphatic carbocycles. The molecule has 2 rings (SSSR count). The lowest BCUT2D eigenvalue weighted by Crippen LogP contribution is -2.45. The third-order valence-corrected chi connectivity index (χ3v) is 4.38. The molecular formula is C19H26ClN3O4. The van der Waals surface area contributed by atoms with Gasteiger partial charge in [-0.25, -0.2) is 4.79 Å². The second-order valence-corrected chi connectivity index (χ2v) is 8.12. The lowest BCUT2D eigenvalue weighted by molar-refractivity contribution is -0.120. The fourth-order valence-corrected chi connectivity index (χ4v) is 3.01. The summed E-state index contributed by atoms with van der Waals surface area (Å²) >= 11 is 6.10. The largest absolute Gasteiger partial charge is 0.444 e. The summed E-state index contributed by atoms with van der Waals surface area (Å²) in [4.78, 5) is 40.1. The summed E-state index contributed by atoms with van der Waals surface area (Å²) in [6, 6.07) is 4.12. The highest BCUT2D eigenvalue weighted by Gasteiger charge is 2.36. The van der Waals surface area contributed by atoms with Gasteiger partial charge < -0.3 is 15.0 Å². The van der Waals surface area contributed by atoms with Crippen molar-refractivity contribution in [2.75, 3.05) is 26.0 Å². The van der Waals surface area contributed by atoms with Crippen molar-refractivity contribution >= 4 is 35.2 Å². The van der Waals surface area contributed by atoms with Crippen LogP contribution in [-0.4, -0.2) is 60.0 Å². The van der Waals surface area contributed by atoms with Crippen LogP contribution in [0.5, 0.6) is 0 Å². The van der Waals surface area contributed by atoms with Crippen LogP contribution in [0.1, 0.15) is 44.0 Å². The minimum atomic E-state index is -0.627. The van der Waals surface area contributed by atoms with E-state index in [0.29, 0.717) is 29.2 Å². The van der Waals surface area contributed by atoms with Crippen molar-refractivity contribution in [1.82, 2.24) is 9.80 Å². The molecule has 1 aliphatic rings. The Kier molecular flexibility index (Phi) is 6.36. The molecule has 1 atom stereocenters. The number of ether oxygens (including phenoxy) is 1. The monoisotopic (exact) mass is 395 g/mol. The van der Waals surface area contributed by atoms with E-state index < -0.39 is 17.7 Å². The highest BCUT2D eigenvalue weighted by molar-refractivity contribution is 6.34. The molecule has 1 fully saturated rings. The summed E-state index contributed by atoms with van der Waals surface area (Å²) in [5, 5.41) is 3.08. The van der Waals surface area contributed by atoms with Gasteiger partial charge in [0.2, 0.25) is 5.91 Å². The van der Waals surface area contributed by atoms with E-state index in [1.165, 1.54) is 15.9 Å². The van der Waals surface area contributed by atoms with Gasteiger partial charge in [0.05, 0.1) is 10.6 Å². The van der Waals surface area contributed by atoms with Crippen LogP contribution in [0.2, 0.25) is 5.02 Å². The number of nitrogens with one attached hydrogen (secondary N) is 1. The third-order valence-electron chi connectivity index (χ3n) is 4.05. The van der Waals surface area contributed by atoms with Crippen molar-refractivity contribution in [2.45, 2.75) is 45.3 Å². The molecule has 1 saturated heterocycles. The molecule has 1 aliphatic heterocycles. The maximum absolute atomic E-state index is 12.7. The minimum Gasteiger partial charge on any atom is -0.444 e. The number of likely N-dealkylation sites (tertiary alicyclic amines) is 1. The number of carbonyl (C=O) groups is 3. The van der Waals surface area contributed by atoms with Gasteiger partial charge in [-0.1, -0.05) is 11.6 Å². The standard InChI is InChI=1S/C19H26ClN3O4/c1-19(2,3)27-18(26)23-10-6-7-15(23)16(24)21-12-8-9-14(20)13(11-12)17(25)22(4)5/h8-9,11,15H,6-7,10H2,1-5H3,(H,21,24). The first kappa shape index (κ1) is 21.0. The number of anilines is 1. The summed E-state index contributed by atoms with van der Waals surface area (Å²) in [6.45, 7) is 5.82. The Balaban J connectivity index is 2.13. The Morgan fingerprint density at radius 2 is 1.93 bits per heavy atom. The molecule has 7 nitrogen and oxygen atoms in total. The van der Waals surface area contributed by atoms with Crippen molar-refractivity contribution in [3.63, 3.8) is 0 Å². The normalized spacial score (nSPS) is 16.8. The predicted octanol–water partition coefficient (Wildman–Crippen LogP) is 3.38. The molecule has 1 N–H and O–H groups in total. The fraction of sp³-hybridized carbons (Fsp3) is 0.526. The van der Waals surface area contributed by atoms with Crippen LogP contribution >= 0.6 is 11.6 Å². The maximum Gasteiger partial charge on any atom is 0.410 e. The number of nitrogens with zero attached hydrogens (tertiary/aromatic N) is 2. The summed E-state index contributed by atoms with van der Waals surface area (Å²) in [5.74, 6) is -0.573. The maximum atomic E-state index is 12.7. The zero-order valence-electron chi connectivity index (χ0n) is 16.3. The minimum absolute atomic E-state index is 0.257. The van der Waals surface area contributed by atoms with E-state index in [2.05, 4.69) is 5.32 Å². The van der Waals surface area contributed by atoms with Gasteiger partial charge in [-0.2, -0.15) is 0 Å². The topological polar surface area (TPSA) is 79.0 Å². The number of halogens is 1. The summed E-state index contributed by atoms with van der Waals surface area (Å²) < 4.78 is 5.38. The molecule has 0 bridgehead atoms. The van der Waals surface area contributed by atoms with Crippen LogP contribution in [0, 0.1) is 0 Å². The van der Waals surface area contributed by atoms with Crippen molar-refractivity contribution in [2.24, 2.45) is 0 Å². The molecule has 0 aromatic heterocycles. The van der Waals surface area contributed by atoms with Crippen LogP contribution in [0.3, 0.4) is 0 Å². The first-order chi connectivity index (χ1) is 12.5. The molecule has 1 aromatic carbocycles. The van der Waals surface area contributed by atoms with Crippen molar-refractivity contribution < 1.29 is 19.1 Å². The zero-order valence-corrected chi connectivity index (χ0v) is 17.1. The predicted molar refractivity (Wildman–Crippen MR) is 104 cm³/mol. The number of hydrogen-bond acceptors (Lipinski definition) is 4. The van der Waals surface area contributed by atoms with Crippen molar-refractivity contribution in [1.29, 1.82) is 0 Å². The highest BCUT2D eigenvalue weighted by atomic mass is 35.5. The van der Waals surface area contributed by atoms with Crippen LogP contribution in [0.25, 0.3) is 0 Å². The highest BCUT2D eigenvalue weighted by Crippen LogP contribution is 2.25. The third kappa shape index (κ3) is 5.35. The van der Waals surface area contributed by atoms with Crippen molar-refractivity contribution in [3.8, 4) is 0 Å².